The second kappa shape index (κ2) is 6.18. The first-order valence-corrected chi connectivity index (χ1v) is 5.71. The van der Waals surface area contributed by atoms with Crippen LogP contribution in [-0.2, 0) is 14.3 Å². The number of rotatable bonds is 4. The Morgan fingerprint density at radius 2 is 2.06 bits per heavy atom. The number of nitrogens with one attached hydrogen (secondary N) is 2. The van der Waals surface area contributed by atoms with E-state index in [0.29, 0.717) is 26.4 Å². The zero-order valence-corrected chi connectivity index (χ0v) is 10.3. The van der Waals surface area contributed by atoms with Gasteiger partial charge >= 0.3 is 0 Å². The molecule has 0 aromatic carbocycles. The number of ether oxygens (including phenoxy) is 2. The minimum Gasteiger partial charge on any atom is -0.376 e. The van der Waals surface area contributed by atoms with Gasteiger partial charge in [-0.15, -0.1) is 0 Å². The molecule has 0 aromatic rings. The highest BCUT2D eigenvalue weighted by Gasteiger charge is 2.22. The molecule has 0 aromatic heterocycles. The fourth-order valence-corrected chi connectivity index (χ4v) is 1.38. The van der Waals surface area contributed by atoms with Crippen LogP contribution in [0.15, 0.2) is 0 Å². The number of hydrogen-bond acceptors (Lipinski definition) is 4. The molecular formula is C11H22N2O3. The molecule has 1 amide bonds. The molecule has 1 unspecified atom stereocenters. The predicted octanol–water partition coefficient (Wildman–Crippen LogP) is -0.0939. The van der Waals surface area contributed by atoms with E-state index < -0.39 is 6.10 Å². The van der Waals surface area contributed by atoms with Crippen molar-refractivity contribution in [1.29, 1.82) is 0 Å². The molecule has 0 bridgehead atoms. The highest BCUT2D eigenvalue weighted by atomic mass is 16.6. The summed E-state index contributed by atoms with van der Waals surface area (Å²) in [5.41, 5.74) is 0.0785. The molecule has 0 radical (unpaired) electrons. The van der Waals surface area contributed by atoms with E-state index in [1.165, 1.54) is 0 Å². The fraction of sp³-hybridized carbons (Fsp3) is 0.909. The predicted molar refractivity (Wildman–Crippen MR) is 61.3 cm³/mol. The molecule has 0 saturated carbocycles. The molecule has 1 aliphatic heterocycles. The van der Waals surface area contributed by atoms with Gasteiger partial charge < -0.3 is 20.1 Å². The van der Waals surface area contributed by atoms with Gasteiger partial charge in [0.2, 0.25) is 0 Å². The first kappa shape index (κ1) is 13.4. The molecule has 16 heavy (non-hydrogen) atoms. The van der Waals surface area contributed by atoms with Crippen molar-refractivity contribution in [2.45, 2.75) is 32.4 Å². The number of carbonyl (C=O) groups excluding carboxylic acids is 1. The van der Waals surface area contributed by atoms with E-state index in [1.807, 2.05) is 0 Å². The van der Waals surface area contributed by atoms with Gasteiger partial charge in [0.1, 0.15) is 0 Å². The normalized spacial score (nSPS) is 21.8. The number of amides is 1. The van der Waals surface area contributed by atoms with Crippen molar-refractivity contribution in [3.63, 3.8) is 0 Å². The van der Waals surface area contributed by atoms with Gasteiger partial charge in [0.05, 0.1) is 19.8 Å². The Balaban J connectivity index is 2.10. The van der Waals surface area contributed by atoms with Gasteiger partial charge in [0, 0.05) is 18.6 Å². The summed E-state index contributed by atoms with van der Waals surface area (Å²) in [4.78, 5) is 11.6. The van der Waals surface area contributed by atoms with Crippen LogP contribution in [0.1, 0.15) is 20.8 Å². The van der Waals surface area contributed by atoms with E-state index in [2.05, 4.69) is 31.4 Å². The lowest BCUT2D eigenvalue weighted by atomic mass is 10.1. The molecule has 94 valence electrons. The topological polar surface area (TPSA) is 59.6 Å². The summed E-state index contributed by atoms with van der Waals surface area (Å²) in [5.74, 6) is -0.0876. The first-order valence-electron chi connectivity index (χ1n) is 5.71. The van der Waals surface area contributed by atoms with Crippen molar-refractivity contribution in [3.8, 4) is 0 Å². The van der Waals surface area contributed by atoms with E-state index >= 15 is 0 Å². The minimum absolute atomic E-state index is 0.0785. The third-order valence-electron chi connectivity index (χ3n) is 2.19. The third-order valence-corrected chi connectivity index (χ3v) is 2.19. The van der Waals surface area contributed by atoms with Gasteiger partial charge in [-0.1, -0.05) is 0 Å². The van der Waals surface area contributed by atoms with E-state index in [4.69, 9.17) is 9.47 Å². The van der Waals surface area contributed by atoms with Crippen molar-refractivity contribution in [1.82, 2.24) is 10.6 Å². The molecular weight excluding hydrogens is 208 g/mol. The standard InChI is InChI=1S/C11H22N2O3/c1-11(2,3)13-5-4-12-10(14)9-8-15-6-7-16-9/h9,13H,4-8H2,1-3H3,(H,12,14). The Morgan fingerprint density at radius 3 is 2.62 bits per heavy atom. The van der Waals surface area contributed by atoms with E-state index in [-0.39, 0.29) is 11.4 Å². The highest BCUT2D eigenvalue weighted by molar-refractivity contribution is 5.80. The van der Waals surface area contributed by atoms with Gasteiger partial charge in [-0.3, -0.25) is 4.79 Å². The third kappa shape index (κ3) is 5.44. The number of carbonyl (C=O) groups is 1. The van der Waals surface area contributed by atoms with Crippen LogP contribution in [0, 0.1) is 0 Å². The molecule has 1 saturated heterocycles. The van der Waals surface area contributed by atoms with Gasteiger partial charge in [0.25, 0.3) is 5.91 Å². The van der Waals surface area contributed by atoms with Crippen molar-refractivity contribution >= 4 is 5.91 Å². The summed E-state index contributed by atoms with van der Waals surface area (Å²) in [6.45, 7) is 9.07. The van der Waals surface area contributed by atoms with Crippen LogP contribution in [0.25, 0.3) is 0 Å². The maximum Gasteiger partial charge on any atom is 0.251 e. The first-order chi connectivity index (χ1) is 7.49. The maximum absolute atomic E-state index is 11.6. The van der Waals surface area contributed by atoms with E-state index in [1.54, 1.807) is 0 Å². The second-order valence-electron chi connectivity index (χ2n) is 4.90. The van der Waals surface area contributed by atoms with Crippen LogP contribution < -0.4 is 10.6 Å². The molecule has 1 aliphatic rings. The molecule has 1 atom stereocenters. The summed E-state index contributed by atoms with van der Waals surface area (Å²) in [7, 11) is 0. The quantitative estimate of drug-likeness (QED) is 0.663. The lowest BCUT2D eigenvalue weighted by Gasteiger charge is -2.23. The molecule has 1 fully saturated rings. The average molecular weight is 230 g/mol. The molecule has 0 aliphatic carbocycles. The maximum atomic E-state index is 11.6. The summed E-state index contributed by atoms with van der Waals surface area (Å²) in [6.07, 6.45) is -0.441. The molecule has 1 heterocycles. The van der Waals surface area contributed by atoms with Crippen molar-refractivity contribution in [2.24, 2.45) is 0 Å². The fourth-order valence-electron chi connectivity index (χ4n) is 1.38. The summed E-state index contributed by atoms with van der Waals surface area (Å²) < 4.78 is 10.4. The van der Waals surface area contributed by atoms with Crippen LogP contribution >= 0.6 is 0 Å². The smallest absolute Gasteiger partial charge is 0.251 e. The summed E-state index contributed by atoms with van der Waals surface area (Å²) in [6, 6.07) is 0. The Bertz CT molecular complexity index is 220. The summed E-state index contributed by atoms with van der Waals surface area (Å²) in [5, 5.41) is 6.11. The molecule has 2 N–H and O–H groups in total. The van der Waals surface area contributed by atoms with Gasteiger partial charge in [-0.25, -0.2) is 0 Å². The van der Waals surface area contributed by atoms with Gasteiger partial charge in [-0.2, -0.15) is 0 Å². The van der Waals surface area contributed by atoms with Crippen LogP contribution in [0.3, 0.4) is 0 Å². The largest absolute Gasteiger partial charge is 0.376 e. The Morgan fingerprint density at radius 1 is 1.31 bits per heavy atom. The molecule has 5 heteroatoms. The van der Waals surface area contributed by atoms with E-state index in [0.717, 1.165) is 6.54 Å². The van der Waals surface area contributed by atoms with Crippen LogP contribution in [0.5, 0.6) is 0 Å². The van der Waals surface area contributed by atoms with Crippen LogP contribution in [-0.4, -0.2) is 50.5 Å². The molecule has 5 nitrogen and oxygen atoms in total. The van der Waals surface area contributed by atoms with Gasteiger partial charge in [-0.05, 0) is 20.8 Å². The zero-order valence-electron chi connectivity index (χ0n) is 10.3. The molecule has 0 spiro atoms. The monoisotopic (exact) mass is 230 g/mol. The SMILES string of the molecule is CC(C)(C)NCCNC(=O)C1COCCO1. The highest BCUT2D eigenvalue weighted by Crippen LogP contribution is 2.00. The lowest BCUT2D eigenvalue weighted by molar-refractivity contribution is -0.147. The van der Waals surface area contributed by atoms with E-state index in [9.17, 15) is 4.79 Å². The Hall–Kier alpha value is -0.650. The van der Waals surface area contributed by atoms with Crippen LogP contribution in [0.4, 0.5) is 0 Å². The average Bonchev–Trinajstić information content (AvgIpc) is 2.24. The zero-order chi connectivity index (χ0) is 12.0. The van der Waals surface area contributed by atoms with Crippen molar-refractivity contribution in [2.75, 3.05) is 32.9 Å². The molecule has 1 rings (SSSR count). The lowest BCUT2D eigenvalue weighted by Crippen LogP contribution is -2.46. The van der Waals surface area contributed by atoms with Crippen molar-refractivity contribution < 1.29 is 14.3 Å². The number of hydrogen-bond donors (Lipinski definition) is 2. The Kier molecular flexibility index (Phi) is 5.18. The Labute approximate surface area is 96.9 Å². The second-order valence-corrected chi connectivity index (χ2v) is 4.90. The minimum atomic E-state index is -0.441. The van der Waals surface area contributed by atoms with Gasteiger partial charge in [0.15, 0.2) is 6.10 Å². The van der Waals surface area contributed by atoms with Crippen LogP contribution in [0.2, 0.25) is 0 Å². The summed E-state index contributed by atoms with van der Waals surface area (Å²) >= 11 is 0. The van der Waals surface area contributed by atoms with Crippen molar-refractivity contribution in [3.05, 3.63) is 0 Å².